The van der Waals surface area contributed by atoms with Gasteiger partial charge in [-0.25, -0.2) is 4.98 Å². The quantitative estimate of drug-likeness (QED) is 0.853. The van der Waals surface area contributed by atoms with Crippen LogP contribution in [0.5, 0.6) is 0 Å². The smallest absolute Gasteiger partial charge is 0.229 e. The fourth-order valence-corrected chi connectivity index (χ4v) is 3.49. The number of benzene rings is 1. The van der Waals surface area contributed by atoms with Gasteiger partial charge in [-0.15, -0.1) is 0 Å². The van der Waals surface area contributed by atoms with E-state index in [9.17, 15) is 4.79 Å². The van der Waals surface area contributed by atoms with Crippen molar-refractivity contribution >= 4 is 22.9 Å². The highest BCUT2D eigenvalue weighted by atomic mass is 16.5. The van der Waals surface area contributed by atoms with E-state index in [4.69, 9.17) is 10.5 Å². The summed E-state index contributed by atoms with van der Waals surface area (Å²) >= 11 is 0. The van der Waals surface area contributed by atoms with Crippen molar-refractivity contribution in [3.8, 4) is 0 Å². The van der Waals surface area contributed by atoms with Gasteiger partial charge < -0.3 is 15.0 Å². The zero-order valence-corrected chi connectivity index (χ0v) is 14.2. The molecule has 6 heteroatoms. The number of nitrogens with two attached hydrogens (primary N) is 1. The van der Waals surface area contributed by atoms with E-state index in [2.05, 4.69) is 20.9 Å². The highest BCUT2D eigenvalue weighted by Gasteiger charge is 2.23. The molecule has 6 nitrogen and oxygen atoms in total. The highest BCUT2D eigenvalue weighted by Crippen LogP contribution is 2.34. The first-order valence-electron chi connectivity index (χ1n) is 8.72. The van der Waals surface area contributed by atoms with E-state index in [1.54, 1.807) is 7.11 Å². The molecule has 2 aromatic rings. The number of rotatable bonds is 6. The van der Waals surface area contributed by atoms with Crippen molar-refractivity contribution in [2.45, 2.75) is 50.7 Å². The van der Waals surface area contributed by atoms with E-state index in [-0.39, 0.29) is 18.4 Å². The van der Waals surface area contributed by atoms with Gasteiger partial charge in [-0.1, -0.05) is 31.4 Å². The van der Waals surface area contributed by atoms with Crippen molar-refractivity contribution in [1.82, 2.24) is 9.55 Å². The number of methoxy groups -OCH3 is 1. The number of ether oxygens (including phenoxy) is 1. The third kappa shape index (κ3) is 3.60. The molecule has 24 heavy (non-hydrogen) atoms. The third-order valence-electron chi connectivity index (χ3n) is 4.80. The number of fused-ring (bicyclic) bond motifs is 1. The normalized spacial score (nSPS) is 17.1. The number of carbonyl (C=O) groups excluding carboxylic acids is 1. The second-order valence-electron chi connectivity index (χ2n) is 6.43. The first kappa shape index (κ1) is 16.9. The Bertz CT molecular complexity index is 687. The molecule has 1 aromatic heterocycles. The molecule has 3 N–H and O–H groups in total. The second-order valence-corrected chi connectivity index (χ2v) is 6.43. The van der Waals surface area contributed by atoms with Gasteiger partial charge in [-0.2, -0.15) is 0 Å². The lowest BCUT2D eigenvalue weighted by atomic mass is 9.95. The van der Waals surface area contributed by atoms with Crippen LogP contribution in [0.25, 0.3) is 11.0 Å². The third-order valence-corrected chi connectivity index (χ3v) is 4.80. The van der Waals surface area contributed by atoms with Crippen LogP contribution in [0.3, 0.4) is 0 Å². The number of carbonyl (C=O) groups is 1. The Balaban J connectivity index is 1.87. The number of anilines is 1. The molecule has 1 unspecified atom stereocenters. The van der Waals surface area contributed by atoms with Crippen LogP contribution in [-0.4, -0.2) is 35.2 Å². The molecule has 1 heterocycles. The number of aromatic nitrogens is 2. The highest BCUT2D eigenvalue weighted by molar-refractivity contribution is 5.91. The van der Waals surface area contributed by atoms with Crippen molar-refractivity contribution in [1.29, 1.82) is 0 Å². The van der Waals surface area contributed by atoms with Crippen LogP contribution in [0.1, 0.15) is 44.6 Å². The molecule has 0 saturated heterocycles. The number of para-hydroxylation sites is 2. The molecule has 1 atom stereocenters. The topological polar surface area (TPSA) is 82.2 Å². The van der Waals surface area contributed by atoms with Gasteiger partial charge in [0.25, 0.3) is 0 Å². The maximum absolute atomic E-state index is 12.4. The Morgan fingerprint density at radius 3 is 2.83 bits per heavy atom. The molecule has 130 valence electrons. The lowest BCUT2D eigenvalue weighted by Crippen LogP contribution is -2.29. The first-order valence-corrected chi connectivity index (χ1v) is 8.72. The number of imidazole rings is 1. The van der Waals surface area contributed by atoms with E-state index in [1.807, 2.05) is 18.2 Å². The van der Waals surface area contributed by atoms with Crippen LogP contribution in [0.2, 0.25) is 0 Å². The minimum absolute atomic E-state index is 0.111. The lowest BCUT2D eigenvalue weighted by molar-refractivity contribution is -0.118. The Kier molecular flexibility index (Phi) is 5.48. The van der Waals surface area contributed by atoms with Gasteiger partial charge in [0, 0.05) is 19.7 Å². The SMILES string of the molecule is COC(CN)CC(=O)Nc1nc2ccccc2n1C1CCCCC1. The predicted molar refractivity (Wildman–Crippen MR) is 95.0 cm³/mol. The van der Waals surface area contributed by atoms with Crippen LogP contribution in [0.15, 0.2) is 24.3 Å². The lowest BCUT2D eigenvalue weighted by Gasteiger charge is -2.25. The maximum atomic E-state index is 12.4. The molecular formula is C18H26N4O2. The molecule has 1 saturated carbocycles. The summed E-state index contributed by atoms with van der Waals surface area (Å²) in [5.74, 6) is 0.527. The van der Waals surface area contributed by atoms with Crippen LogP contribution in [-0.2, 0) is 9.53 Å². The number of nitrogens with zero attached hydrogens (tertiary/aromatic N) is 2. The standard InChI is InChI=1S/C18H26N4O2/c1-24-14(12-19)11-17(23)21-18-20-15-9-5-6-10-16(15)22(18)13-7-3-2-4-8-13/h5-6,9-10,13-14H,2-4,7-8,11-12,19H2,1H3,(H,20,21,23). The molecule has 1 aliphatic rings. The molecule has 0 aliphatic heterocycles. The largest absolute Gasteiger partial charge is 0.380 e. The van der Waals surface area contributed by atoms with Crippen LogP contribution in [0, 0.1) is 0 Å². The first-order chi connectivity index (χ1) is 11.7. The van der Waals surface area contributed by atoms with E-state index in [1.165, 1.54) is 19.3 Å². The molecule has 1 aromatic carbocycles. The van der Waals surface area contributed by atoms with Crippen LogP contribution < -0.4 is 11.1 Å². The van der Waals surface area contributed by atoms with Crippen LogP contribution in [0.4, 0.5) is 5.95 Å². The molecule has 3 rings (SSSR count). The van der Waals surface area contributed by atoms with Crippen molar-refractivity contribution < 1.29 is 9.53 Å². The summed E-state index contributed by atoms with van der Waals surface area (Å²) in [6.45, 7) is 0.322. The Labute approximate surface area is 142 Å². The number of amides is 1. The molecule has 1 aliphatic carbocycles. The van der Waals surface area contributed by atoms with Crippen LogP contribution >= 0.6 is 0 Å². The monoisotopic (exact) mass is 330 g/mol. The summed E-state index contributed by atoms with van der Waals surface area (Å²) in [7, 11) is 1.57. The number of hydrogen-bond acceptors (Lipinski definition) is 4. The van der Waals surface area contributed by atoms with E-state index in [0.29, 0.717) is 18.5 Å². The maximum Gasteiger partial charge on any atom is 0.229 e. The second kappa shape index (κ2) is 7.77. The minimum Gasteiger partial charge on any atom is -0.380 e. The fourth-order valence-electron chi connectivity index (χ4n) is 3.49. The van der Waals surface area contributed by atoms with Gasteiger partial charge in [0.15, 0.2) is 0 Å². The molecule has 0 bridgehead atoms. The summed E-state index contributed by atoms with van der Waals surface area (Å²) < 4.78 is 7.41. The molecule has 1 amide bonds. The van der Waals surface area contributed by atoms with Crippen molar-refractivity contribution in [2.75, 3.05) is 19.0 Å². The summed E-state index contributed by atoms with van der Waals surface area (Å²) in [5, 5.41) is 2.97. The summed E-state index contributed by atoms with van der Waals surface area (Å²) in [6.07, 6.45) is 5.97. The Morgan fingerprint density at radius 1 is 1.38 bits per heavy atom. The molecule has 0 spiro atoms. The van der Waals surface area contributed by atoms with Gasteiger partial charge in [-0.05, 0) is 25.0 Å². The minimum atomic E-state index is -0.266. The predicted octanol–water partition coefficient (Wildman–Crippen LogP) is 2.84. The van der Waals surface area contributed by atoms with E-state index in [0.717, 1.165) is 23.9 Å². The summed E-state index contributed by atoms with van der Waals surface area (Å²) in [6, 6.07) is 8.45. The molecular weight excluding hydrogens is 304 g/mol. The van der Waals surface area contributed by atoms with E-state index < -0.39 is 0 Å². The Hall–Kier alpha value is -1.92. The summed E-state index contributed by atoms with van der Waals surface area (Å²) in [4.78, 5) is 17.0. The molecule has 0 radical (unpaired) electrons. The average molecular weight is 330 g/mol. The zero-order valence-electron chi connectivity index (χ0n) is 14.2. The van der Waals surface area contributed by atoms with Crippen molar-refractivity contribution in [2.24, 2.45) is 5.73 Å². The van der Waals surface area contributed by atoms with Gasteiger partial charge in [0.2, 0.25) is 11.9 Å². The zero-order chi connectivity index (χ0) is 16.9. The molecule has 1 fully saturated rings. The van der Waals surface area contributed by atoms with Crippen molar-refractivity contribution in [3.05, 3.63) is 24.3 Å². The van der Waals surface area contributed by atoms with Gasteiger partial charge >= 0.3 is 0 Å². The Morgan fingerprint density at radius 2 is 2.12 bits per heavy atom. The fraction of sp³-hybridized carbons (Fsp3) is 0.556. The number of hydrogen-bond donors (Lipinski definition) is 2. The van der Waals surface area contributed by atoms with E-state index >= 15 is 0 Å². The average Bonchev–Trinajstić information content (AvgIpc) is 2.98. The summed E-state index contributed by atoms with van der Waals surface area (Å²) in [5.41, 5.74) is 7.61. The van der Waals surface area contributed by atoms with Gasteiger partial charge in [-0.3, -0.25) is 10.1 Å². The number of nitrogens with one attached hydrogen (secondary N) is 1. The van der Waals surface area contributed by atoms with Gasteiger partial charge in [0.1, 0.15) is 0 Å². The van der Waals surface area contributed by atoms with Gasteiger partial charge in [0.05, 0.1) is 23.6 Å². The van der Waals surface area contributed by atoms with Crippen molar-refractivity contribution in [3.63, 3.8) is 0 Å².